The number of carbonyl (C=O) groups excluding carboxylic acids is 1. The van der Waals surface area contributed by atoms with Gasteiger partial charge in [-0.1, -0.05) is 19.8 Å². The summed E-state index contributed by atoms with van der Waals surface area (Å²) in [7, 11) is 0. The molecule has 1 aromatic carbocycles. The third-order valence-corrected chi connectivity index (χ3v) is 5.10. The molecule has 1 aliphatic rings. The number of benzene rings is 1. The molecule has 0 aliphatic heterocycles. The average molecular weight is 357 g/mol. The van der Waals surface area contributed by atoms with Gasteiger partial charge in [0, 0.05) is 24.0 Å². The standard InChI is InChI=1S/C20H27N3O3/c1-14-5-3-4-6-18(14)26-12-11-21-19(24)16-7-9-17(10-8-16)23-15(2)13-22-20(23)25/h7-10,13-14,18H,3-6,11-12H2,1-2H3,(H,21,24)(H,22,25). The molecular formula is C20H27N3O3. The number of imidazole rings is 1. The molecule has 6 nitrogen and oxygen atoms in total. The van der Waals surface area contributed by atoms with Crippen LogP contribution in [0, 0.1) is 12.8 Å². The van der Waals surface area contributed by atoms with Crippen molar-refractivity contribution in [1.29, 1.82) is 0 Å². The fraction of sp³-hybridized carbons (Fsp3) is 0.500. The van der Waals surface area contributed by atoms with E-state index in [2.05, 4.69) is 17.2 Å². The van der Waals surface area contributed by atoms with Crippen LogP contribution in [0.1, 0.15) is 48.7 Å². The first-order valence-electron chi connectivity index (χ1n) is 9.33. The zero-order valence-corrected chi connectivity index (χ0v) is 15.5. The van der Waals surface area contributed by atoms with E-state index in [9.17, 15) is 9.59 Å². The smallest absolute Gasteiger partial charge is 0.330 e. The molecule has 1 aromatic heterocycles. The van der Waals surface area contributed by atoms with Gasteiger partial charge in [-0.2, -0.15) is 0 Å². The van der Waals surface area contributed by atoms with Crippen molar-refractivity contribution in [3.63, 3.8) is 0 Å². The number of aryl methyl sites for hydroxylation is 1. The minimum absolute atomic E-state index is 0.130. The lowest BCUT2D eigenvalue weighted by Gasteiger charge is -2.28. The highest BCUT2D eigenvalue weighted by Crippen LogP contribution is 2.25. The summed E-state index contributed by atoms with van der Waals surface area (Å²) in [6.45, 7) is 5.13. The zero-order valence-electron chi connectivity index (χ0n) is 15.5. The molecule has 0 radical (unpaired) electrons. The highest BCUT2D eigenvalue weighted by atomic mass is 16.5. The molecule has 1 fully saturated rings. The number of amides is 1. The van der Waals surface area contributed by atoms with Gasteiger partial charge in [-0.05, 0) is 49.9 Å². The summed E-state index contributed by atoms with van der Waals surface area (Å²) in [5.74, 6) is 0.474. The van der Waals surface area contributed by atoms with E-state index in [1.54, 1.807) is 35.0 Å². The quantitative estimate of drug-likeness (QED) is 0.781. The first-order valence-corrected chi connectivity index (χ1v) is 9.33. The second-order valence-electron chi connectivity index (χ2n) is 7.04. The Morgan fingerprint density at radius 1 is 1.27 bits per heavy atom. The lowest BCUT2D eigenvalue weighted by atomic mass is 9.88. The Morgan fingerprint density at radius 2 is 2.00 bits per heavy atom. The predicted octanol–water partition coefficient (Wildman–Crippen LogP) is 2.80. The minimum Gasteiger partial charge on any atom is -0.376 e. The summed E-state index contributed by atoms with van der Waals surface area (Å²) in [5.41, 5.74) is 1.94. The van der Waals surface area contributed by atoms with Gasteiger partial charge >= 0.3 is 5.69 Å². The average Bonchev–Trinajstić information content (AvgIpc) is 2.98. The van der Waals surface area contributed by atoms with Crippen molar-refractivity contribution in [2.24, 2.45) is 5.92 Å². The van der Waals surface area contributed by atoms with Gasteiger partial charge < -0.3 is 15.0 Å². The normalized spacial score (nSPS) is 20.1. The number of aromatic nitrogens is 2. The van der Waals surface area contributed by atoms with E-state index in [1.807, 2.05) is 6.92 Å². The number of hydrogen-bond acceptors (Lipinski definition) is 3. The van der Waals surface area contributed by atoms with E-state index >= 15 is 0 Å². The zero-order chi connectivity index (χ0) is 18.5. The van der Waals surface area contributed by atoms with Crippen LogP contribution in [0.4, 0.5) is 0 Å². The largest absolute Gasteiger partial charge is 0.376 e. The second-order valence-corrected chi connectivity index (χ2v) is 7.04. The van der Waals surface area contributed by atoms with Crippen LogP contribution in [-0.4, -0.2) is 34.7 Å². The summed E-state index contributed by atoms with van der Waals surface area (Å²) in [5, 5.41) is 2.89. The molecule has 0 bridgehead atoms. The van der Waals surface area contributed by atoms with Crippen molar-refractivity contribution < 1.29 is 9.53 Å². The van der Waals surface area contributed by atoms with Gasteiger partial charge in [0.1, 0.15) is 0 Å². The molecule has 1 amide bonds. The SMILES string of the molecule is Cc1c[nH]c(=O)n1-c1ccc(C(=O)NCCOC2CCCCC2C)cc1. The fourth-order valence-corrected chi connectivity index (χ4v) is 3.54. The summed E-state index contributed by atoms with van der Waals surface area (Å²) >= 11 is 0. The fourth-order valence-electron chi connectivity index (χ4n) is 3.54. The maximum Gasteiger partial charge on any atom is 0.330 e. The Bertz CT molecular complexity index is 791. The molecule has 0 spiro atoms. The van der Waals surface area contributed by atoms with Crippen LogP contribution >= 0.6 is 0 Å². The van der Waals surface area contributed by atoms with Crippen LogP contribution < -0.4 is 11.0 Å². The van der Waals surface area contributed by atoms with Crippen LogP contribution in [0.25, 0.3) is 5.69 Å². The number of carbonyl (C=O) groups is 1. The Hall–Kier alpha value is -2.34. The van der Waals surface area contributed by atoms with E-state index in [4.69, 9.17) is 4.74 Å². The van der Waals surface area contributed by atoms with Gasteiger partial charge in [-0.3, -0.25) is 9.36 Å². The van der Waals surface area contributed by atoms with Crippen molar-refractivity contribution in [1.82, 2.24) is 14.9 Å². The van der Waals surface area contributed by atoms with Gasteiger partial charge in [0.2, 0.25) is 0 Å². The van der Waals surface area contributed by atoms with Crippen LogP contribution in [-0.2, 0) is 4.74 Å². The van der Waals surface area contributed by atoms with Crippen molar-refractivity contribution >= 4 is 5.91 Å². The molecule has 3 rings (SSSR count). The Morgan fingerprint density at radius 3 is 2.65 bits per heavy atom. The maximum absolute atomic E-state index is 12.3. The van der Waals surface area contributed by atoms with Crippen LogP contribution in [0.3, 0.4) is 0 Å². The molecule has 1 saturated carbocycles. The molecule has 2 unspecified atom stereocenters. The number of nitrogens with zero attached hydrogens (tertiary/aromatic N) is 1. The molecule has 2 aromatic rings. The summed E-state index contributed by atoms with van der Waals surface area (Å²) in [4.78, 5) is 26.7. The Kier molecular flexibility index (Phi) is 5.93. The predicted molar refractivity (Wildman–Crippen MR) is 101 cm³/mol. The van der Waals surface area contributed by atoms with Crippen molar-refractivity contribution in [2.75, 3.05) is 13.2 Å². The third-order valence-electron chi connectivity index (χ3n) is 5.10. The molecule has 2 N–H and O–H groups in total. The van der Waals surface area contributed by atoms with E-state index < -0.39 is 0 Å². The number of H-pyrrole nitrogens is 1. The molecule has 140 valence electrons. The number of hydrogen-bond donors (Lipinski definition) is 2. The highest BCUT2D eigenvalue weighted by Gasteiger charge is 2.21. The number of nitrogens with one attached hydrogen (secondary N) is 2. The van der Waals surface area contributed by atoms with Gasteiger partial charge in [-0.15, -0.1) is 0 Å². The molecule has 2 atom stereocenters. The van der Waals surface area contributed by atoms with Crippen molar-refractivity contribution in [3.8, 4) is 5.69 Å². The molecule has 6 heteroatoms. The minimum atomic E-state index is -0.186. The van der Waals surface area contributed by atoms with Crippen LogP contribution in [0.2, 0.25) is 0 Å². The van der Waals surface area contributed by atoms with Gasteiger partial charge in [0.25, 0.3) is 5.91 Å². The molecule has 0 saturated heterocycles. The van der Waals surface area contributed by atoms with Crippen LogP contribution in [0.15, 0.2) is 35.3 Å². The van der Waals surface area contributed by atoms with Gasteiger partial charge in [0.15, 0.2) is 0 Å². The molecule has 1 heterocycles. The lowest BCUT2D eigenvalue weighted by molar-refractivity contribution is -0.00293. The van der Waals surface area contributed by atoms with Gasteiger partial charge in [-0.25, -0.2) is 4.79 Å². The van der Waals surface area contributed by atoms with Crippen molar-refractivity contribution in [3.05, 3.63) is 52.2 Å². The van der Waals surface area contributed by atoms with Crippen molar-refractivity contribution in [2.45, 2.75) is 45.6 Å². The van der Waals surface area contributed by atoms with Gasteiger partial charge in [0.05, 0.1) is 18.4 Å². The number of ether oxygens (including phenoxy) is 1. The first kappa shape index (κ1) is 18.5. The summed E-state index contributed by atoms with van der Waals surface area (Å²) in [6, 6.07) is 7.01. The molecule has 1 aliphatic carbocycles. The summed E-state index contributed by atoms with van der Waals surface area (Å²) in [6.07, 6.45) is 6.86. The van der Waals surface area contributed by atoms with Crippen LogP contribution in [0.5, 0.6) is 0 Å². The highest BCUT2D eigenvalue weighted by molar-refractivity contribution is 5.94. The molecule has 26 heavy (non-hydrogen) atoms. The van der Waals surface area contributed by atoms with E-state index in [0.29, 0.717) is 30.7 Å². The first-order chi connectivity index (χ1) is 12.6. The van der Waals surface area contributed by atoms with E-state index in [0.717, 1.165) is 17.8 Å². The monoisotopic (exact) mass is 357 g/mol. The maximum atomic E-state index is 12.3. The summed E-state index contributed by atoms with van der Waals surface area (Å²) < 4.78 is 7.49. The number of aromatic amines is 1. The third kappa shape index (κ3) is 4.25. The van der Waals surface area contributed by atoms with E-state index in [1.165, 1.54) is 19.3 Å². The Balaban J connectivity index is 1.50. The number of rotatable bonds is 6. The second kappa shape index (κ2) is 8.36. The van der Waals surface area contributed by atoms with E-state index in [-0.39, 0.29) is 11.6 Å². The topological polar surface area (TPSA) is 76.1 Å². The Labute approximate surface area is 153 Å². The molecular weight excluding hydrogens is 330 g/mol. The lowest BCUT2D eigenvalue weighted by Crippen LogP contribution is -2.31.